The molecule has 7 heteroatoms. The summed E-state index contributed by atoms with van der Waals surface area (Å²) in [6, 6.07) is 8.08. The molecule has 0 atom stereocenters. The maximum absolute atomic E-state index is 5.93. The van der Waals surface area contributed by atoms with E-state index in [4.69, 9.17) is 21.1 Å². The number of methoxy groups -OCH3 is 1. The molecular formula is C20H33ClIN3O2. The van der Waals surface area contributed by atoms with E-state index in [1.165, 1.54) is 5.56 Å². The molecule has 2 rings (SSSR count). The van der Waals surface area contributed by atoms with Crippen LogP contribution in [-0.4, -0.2) is 64.0 Å². The number of aliphatic imine (C=N–C) groups is 1. The van der Waals surface area contributed by atoms with Gasteiger partial charge in [0.15, 0.2) is 5.96 Å². The fraction of sp³-hybridized carbons (Fsp3) is 0.650. The minimum Gasteiger partial charge on any atom is -0.385 e. The molecule has 0 bridgehead atoms. The number of benzene rings is 1. The van der Waals surface area contributed by atoms with Crippen molar-refractivity contribution in [3.8, 4) is 0 Å². The fourth-order valence-corrected chi connectivity index (χ4v) is 3.29. The van der Waals surface area contributed by atoms with Crippen molar-refractivity contribution in [3.05, 3.63) is 34.9 Å². The summed E-state index contributed by atoms with van der Waals surface area (Å²) in [5, 5.41) is 4.28. The van der Waals surface area contributed by atoms with E-state index in [-0.39, 0.29) is 24.0 Å². The highest BCUT2D eigenvalue weighted by Crippen LogP contribution is 2.14. The molecular weight excluding hydrogens is 477 g/mol. The van der Waals surface area contributed by atoms with Crippen molar-refractivity contribution in [1.82, 2.24) is 10.2 Å². The van der Waals surface area contributed by atoms with Gasteiger partial charge in [-0.2, -0.15) is 0 Å². The third kappa shape index (κ3) is 9.45. The second-order valence-electron chi connectivity index (χ2n) is 6.61. The second kappa shape index (κ2) is 14.4. The molecule has 0 aromatic heterocycles. The van der Waals surface area contributed by atoms with Gasteiger partial charge in [0, 0.05) is 52.0 Å². The number of rotatable bonds is 9. The summed E-state index contributed by atoms with van der Waals surface area (Å²) in [5.41, 5.74) is 1.32. The Kier molecular flexibility index (Phi) is 13.1. The smallest absolute Gasteiger partial charge is 0.193 e. The Balaban J connectivity index is 0.00000364. The number of nitrogens with zero attached hydrogens (tertiary/aromatic N) is 2. The average Bonchev–Trinajstić information content (AvgIpc) is 2.67. The van der Waals surface area contributed by atoms with E-state index in [9.17, 15) is 0 Å². The zero-order valence-corrected chi connectivity index (χ0v) is 19.5. The number of halogens is 2. The van der Waals surface area contributed by atoms with Crippen molar-refractivity contribution in [1.29, 1.82) is 0 Å². The number of hydrogen-bond acceptors (Lipinski definition) is 3. The number of piperidine rings is 1. The highest BCUT2D eigenvalue weighted by atomic mass is 127. The van der Waals surface area contributed by atoms with Gasteiger partial charge in [0.25, 0.3) is 0 Å². The van der Waals surface area contributed by atoms with Crippen LogP contribution < -0.4 is 5.32 Å². The molecule has 27 heavy (non-hydrogen) atoms. The Morgan fingerprint density at radius 3 is 2.52 bits per heavy atom. The molecule has 1 N–H and O–H groups in total. The van der Waals surface area contributed by atoms with Gasteiger partial charge in [0.1, 0.15) is 0 Å². The average molecular weight is 510 g/mol. The van der Waals surface area contributed by atoms with Crippen LogP contribution >= 0.6 is 35.6 Å². The third-order valence-electron chi connectivity index (χ3n) is 4.64. The molecule has 0 saturated carbocycles. The van der Waals surface area contributed by atoms with Gasteiger partial charge in [0.2, 0.25) is 0 Å². The minimum absolute atomic E-state index is 0. The maximum Gasteiger partial charge on any atom is 0.193 e. The van der Waals surface area contributed by atoms with E-state index in [0.717, 1.165) is 75.9 Å². The Bertz CT molecular complexity index is 535. The van der Waals surface area contributed by atoms with Crippen molar-refractivity contribution in [3.63, 3.8) is 0 Å². The van der Waals surface area contributed by atoms with Crippen molar-refractivity contribution >= 4 is 41.5 Å². The first-order chi connectivity index (χ1) is 12.7. The number of guanidine groups is 1. The molecule has 1 aromatic carbocycles. The summed E-state index contributed by atoms with van der Waals surface area (Å²) < 4.78 is 11.0. The van der Waals surface area contributed by atoms with E-state index < -0.39 is 0 Å². The third-order valence-corrected chi connectivity index (χ3v) is 4.89. The van der Waals surface area contributed by atoms with Crippen LogP contribution in [0.1, 0.15) is 31.2 Å². The van der Waals surface area contributed by atoms with Crippen LogP contribution in [0.2, 0.25) is 5.02 Å². The van der Waals surface area contributed by atoms with E-state index in [0.29, 0.717) is 6.10 Å². The van der Waals surface area contributed by atoms with Gasteiger partial charge in [-0.3, -0.25) is 4.99 Å². The molecule has 154 valence electrons. The second-order valence-corrected chi connectivity index (χ2v) is 7.04. The van der Waals surface area contributed by atoms with Crippen LogP contribution in [-0.2, 0) is 15.9 Å². The van der Waals surface area contributed by atoms with Gasteiger partial charge in [0.05, 0.1) is 6.10 Å². The predicted octanol–water partition coefficient (Wildman–Crippen LogP) is 3.98. The molecule has 0 aliphatic carbocycles. The molecule has 0 spiro atoms. The van der Waals surface area contributed by atoms with Gasteiger partial charge >= 0.3 is 0 Å². The first-order valence-electron chi connectivity index (χ1n) is 9.53. The highest BCUT2D eigenvalue weighted by molar-refractivity contribution is 14.0. The molecule has 1 fully saturated rings. The van der Waals surface area contributed by atoms with E-state index in [1.54, 1.807) is 7.11 Å². The van der Waals surface area contributed by atoms with Crippen LogP contribution in [0.15, 0.2) is 29.3 Å². The lowest BCUT2D eigenvalue weighted by Gasteiger charge is -2.34. The van der Waals surface area contributed by atoms with E-state index >= 15 is 0 Å². The summed E-state index contributed by atoms with van der Waals surface area (Å²) in [6.07, 6.45) is 5.55. The normalized spacial score (nSPS) is 15.5. The zero-order chi connectivity index (χ0) is 18.6. The largest absolute Gasteiger partial charge is 0.385 e. The Hall–Kier alpha value is -0.570. The monoisotopic (exact) mass is 509 g/mol. The first kappa shape index (κ1) is 24.5. The number of ether oxygens (including phenoxy) is 2. The summed E-state index contributed by atoms with van der Waals surface area (Å²) >= 11 is 5.92. The molecule has 1 aliphatic heterocycles. The quantitative estimate of drug-likeness (QED) is 0.237. The van der Waals surface area contributed by atoms with Crippen molar-refractivity contribution in [2.75, 3.05) is 47.0 Å². The lowest BCUT2D eigenvalue weighted by Crippen LogP contribution is -2.47. The maximum atomic E-state index is 5.93. The highest BCUT2D eigenvalue weighted by Gasteiger charge is 2.21. The van der Waals surface area contributed by atoms with Crippen LogP contribution in [0.3, 0.4) is 0 Å². The Morgan fingerprint density at radius 2 is 1.89 bits per heavy atom. The van der Waals surface area contributed by atoms with Crippen LogP contribution in [0.5, 0.6) is 0 Å². The summed E-state index contributed by atoms with van der Waals surface area (Å²) in [4.78, 5) is 6.77. The molecule has 1 saturated heterocycles. The van der Waals surface area contributed by atoms with E-state index in [2.05, 4.69) is 27.3 Å². The van der Waals surface area contributed by atoms with Gasteiger partial charge in [-0.25, -0.2) is 0 Å². The van der Waals surface area contributed by atoms with E-state index in [1.807, 2.05) is 19.2 Å². The standard InChI is InChI=1S/C20H32ClN3O2.HI/c1-22-20(23-12-3-5-17-6-8-18(21)9-7-17)24-13-10-19(11-14-24)26-16-4-15-25-2;/h6-9,19H,3-5,10-16H2,1-2H3,(H,22,23);1H. The Morgan fingerprint density at radius 1 is 1.19 bits per heavy atom. The molecule has 1 aromatic rings. The molecule has 1 heterocycles. The SMILES string of the molecule is CN=C(NCCCc1ccc(Cl)cc1)N1CCC(OCCCOC)CC1.I. The zero-order valence-electron chi connectivity index (χ0n) is 16.5. The summed E-state index contributed by atoms with van der Waals surface area (Å²) in [7, 11) is 3.58. The molecule has 0 unspecified atom stereocenters. The number of likely N-dealkylation sites (tertiary alicyclic amines) is 1. The van der Waals surface area contributed by atoms with Crippen molar-refractivity contribution in [2.24, 2.45) is 4.99 Å². The van der Waals surface area contributed by atoms with Crippen LogP contribution in [0.4, 0.5) is 0 Å². The predicted molar refractivity (Wildman–Crippen MR) is 124 cm³/mol. The summed E-state index contributed by atoms with van der Waals surface area (Å²) in [5.74, 6) is 0.999. The number of aryl methyl sites for hydroxylation is 1. The molecule has 5 nitrogen and oxygen atoms in total. The number of nitrogens with one attached hydrogen (secondary N) is 1. The molecule has 1 aliphatic rings. The fourth-order valence-electron chi connectivity index (χ4n) is 3.16. The van der Waals surface area contributed by atoms with Crippen molar-refractivity contribution < 1.29 is 9.47 Å². The minimum atomic E-state index is 0. The van der Waals surface area contributed by atoms with Gasteiger partial charge in [-0.1, -0.05) is 23.7 Å². The van der Waals surface area contributed by atoms with Gasteiger partial charge in [-0.15, -0.1) is 24.0 Å². The lowest BCUT2D eigenvalue weighted by atomic mass is 10.1. The topological polar surface area (TPSA) is 46.1 Å². The summed E-state index contributed by atoms with van der Waals surface area (Å²) in [6.45, 7) is 4.46. The van der Waals surface area contributed by atoms with Crippen molar-refractivity contribution in [2.45, 2.75) is 38.2 Å². The first-order valence-corrected chi connectivity index (χ1v) is 9.91. The molecule has 0 radical (unpaired) electrons. The van der Waals surface area contributed by atoms with Crippen LogP contribution in [0.25, 0.3) is 0 Å². The molecule has 0 amide bonds. The lowest BCUT2D eigenvalue weighted by molar-refractivity contribution is 0.00991. The Labute approximate surface area is 185 Å². The van der Waals surface area contributed by atoms with Crippen LogP contribution in [0, 0.1) is 0 Å². The van der Waals surface area contributed by atoms with Gasteiger partial charge < -0.3 is 19.7 Å². The van der Waals surface area contributed by atoms with Gasteiger partial charge in [-0.05, 0) is 49.8 Å². The number of hydrogen-bond donors (Lipinski definition) is 1.